The highest BCUT2D eigenvalue weighted by molar-refractivity contribution is 6.35. The van der Waals surface area contributed by atoms with Crippen LogP contribution in [0.5, 0.6) is 0 Å². The molecule has 1 aliphatic rings. The van der Waals surface area contributed by atoms with Gasteiger partial charge in [0.2, 0.25) is 0 Å². The van der Waals surface area contributed by atoms with Gasteiger partial charge in [-0.25, -0.2) is 0 Å². The average molecular weight is 393 g/mol. The van der Waals surface area contributed by atoms with Crippen LogP contribution in [0.4, 0.5) is 5.69 Å². The highest BCUT2D eigenvalue weighted by Gasteiger charge is 2.25. The van der Waals surface area contributed by atoms with Crippen LogP contribution in [0.2, 0.25) is 0 Å². The number of likely N-dealkylation sites (tertiary alicyclic amines) is 1. The second-order valence-electron chi connectivity index (χ2n) is 7.07. The molecule has 1 fully saturated rings. The van der Waals surface area contributed by atoms with E-state index in [1.54, 1.807) is 0 Å². The van der Waals surface area contributed by atoms with Gasteiger partial charge in [0.15, 0.2) is 6.29 Å². The molecule has 0 spiro atoms. The number of rotatable bonds is 9. The molecular weight excluding hydrogens is 360 g/mol. The van der Waals surface area contributed by atoms with E-state index in [-0.39, 0.29) is 12.6 Å². The summed E-state index contributed by atoms with van der Waals surface area (Å²) in [6, 6.07) is 8.37. The molecule has 0 aromatic heterocycles. The number of hydrogen-bond donors (Lipinski definition) is 2. The van der Waals surface area contributed by atoms with E-state index < -0.39 is 18.1 Å². The molecule has 2 N–H and O–H groups in total. The number of ether oxygens (including phenoxy) is 2. The molecular formula is C20H32N4O4. The Morgan fingerprint density at radius 2 is 1.54 bits per heavy atom. The first-order chi connectivity index (χ1) is 13.5. The summed E-state index contributed by atoms with van der Waals surface area (Å²) in [6.07, 6.45) is 1.72. The van der Waals surface area contributed by atoms with Gasteiger partial charge < -0.3 is 25.0 Å². The molecule has 1 aromatic rings. The Balaban J connectivity index is 1.97. The maximum Gasteiger partial charge on any atom is 0.309 e. The first kappa shape index (κ1) is 22.1. The van der Waals surface area contributed by atoms with Crippen LogP contribution in [0.25, 0.3) is 0 Å². The molecule has 2 amide bonds. The summed E-state index contributed by atoms with van der Waals surface area (Å²) in [5.41, 5.74) is 2.25. The van der Waals surface area contributed by atoms with Crippen LogP contribution in [-0.4, -0.2) is 77.5 Å². The molecule has 0 saturated carbocycles. The van der Waals surface area contributed by atoms with Crippen molar-refractivity contribution in [2.45, 2.75) is 25.2 Å². The molecule has 0 unspecified atom stereocenters. The molecule has 0 aliphatic carbocycles. The molecule has 1 aliphatic heterocycles. The van der Waals surface area contributed by atoms with Crippen LogP contribution < -0.4 is 15.5 Å². The van der Waals surface area contributed by atoms with E-state index in [2.05, 4.69) is 39.8 Å². The predicted octanol–water partition coefficient (Wildman–Crippen LogP) is 0.741. The van der Waals surface area contributed by atoms with Gasteiger partial charge in [-0.15, -0.1) is 0 Å². The zero-order valence-corrected chi connectivity index (χ0v) is 17.2. The van der Waals surface area contributed by atoms with Crippen molar-refractivity contribution in [3.05, 3.63) is 29.8 Å². The third kappa shape index (κ3) is 6.19. The SMILES string of the molecule is COC(CNC(=O)C(=O)NC[C@@H](c1ccc(N(C)C)cc1)N1CCCC1)OC. The molecule has 1 heterocycles. The number of carbonyl (C=O) groups is 2. The minimum absolute atomic E-state index is 0.0427. The molecule has 0 bridgehead atoms. The number of nitrogens with zero attached hydrogens (tertiary/aromatic N) is 2. The first-order valence-corrected chi connectivity index (χ1v) is 9.59. The van der Waals surface area contributed by atoms with Gasteiger partial charge in [0.1, 0.15) is 0 Å². The number of nitrogens with one attached hydrogen (secondary N) is 2. The topological polar surface area (TPSA) is 83.1 Å². The van der Waals surface area contributed by atoms with Gasteiger partial charge in [0.05, 0.1) is 12.6 Å². The van der Waals surface area contributed by atoms with Crippen molar-refractivity contribution in [1.29, 1.82) is 0 Å². The van der Waals surface area contributed by atoms with Gasteiger partial charge in [-0.3, -0.25) is 14.5 Å². The molecule has 8 heteroatoms. The highest BCUT2D eigenvalue weighted by Crippen LogP contribution is 2.26. The van der Waals surface area contributed by atoms with Crippen molar-refractivity contribution in [2.24, 2.45) is 0 Å². The summed E-state index contributed by atoms with van der Waals surface area (Å²) in [7, 11) is 6.96. The third-order valence-corrected chi connectivity index (χ3v) is 4.99. The predicted molar refractivity (Wildman–Crippen MR) is 108 cm³/mol. The molecule has 1 saturated heterocycles. The number of carbonyl (C=O) groups excluding carboxylic acids is 2. The number of benzene rings is 1. The Hall–Kier alpha value is -2.16. The van der Waals surface area contributed by atoms with E-state index in [0.29, 0.717) is 6.54 Å². The average Bonchev–Trinajstić information content (AvgIpc) is 3.23. The van der Waals surface area contributed by atoms with Crippen LogP contribution in [0, 0.1) is 0 Å². The van der Waals surface area contributed by atoms with Gasteiger partial charge in [0, 0.05) is 40.5 Å². The zero-order chi connectivity index (χ0) is 20.5. The van der Waals surface area contributed by atoms with Crippen molar-refractivity contribution < 1.29 is 19.1 Å². The second kappa shape index (κ2) is 11.0. The zero-order valence-electron chi connectivity index (χ0n) is 17.2. The van der Waals surface area contributed by atoms with Crippen LogP contribution >= 0.6 is 0 Å². The van der Waals surface area contributed by atoms with E-state index in [1.165, 1.54) is 14.2 Å². The van der Waals surface area contributed by atoms with Gasteiger partial charge in [-0.1, -0.05) is 12.1 Å². The number of amides is 2. The molecule has 8 nitrogen and oxygen atoms in total. The molecule has 28 heavy (non-hydrogen) atoms. The van der Waals surface area contributed by atoms with E-state index in [9.17, 15) is 9.59 Å². The molecule has 156 valence electrons. The summed E-state index contributed by atoms with van der Waals surface area (Å²) in [5.74, 6) is -1.35. The number of hydrogen-bond acceptors (Lipinski definition) is 6. The van der Waals surface area contributed by atoms with Crippen molar-refractivity contribution in [2.75, 3.05) is 59.4 Å². The largest absolute Gasteiger partial charge is 0.378 e. The molecule has 1 aromatic carbocycles. The Morgan fingerprint density at radius 3 is 2.04 bits per heavy atom. The highest BCUT2D eigenvalue weighted by atomic mass is 16.7. The lowest BCUT2D eigenvalue weighted by Gasteiger charge is -2.28. The van der Waals surface area contributed by atoms with Crippen LogP contribution in [0.3, 0.4) is 0 Å². The Labute approximate surface area is 167 Å². The monoisotopic (exact) mass is 392 g/mol. The smallest absolute Gasteiger partial charge is 0.309 e. The summed E-state index contributed by atoms with van der Waals surface area (Å²) >= 11 is 0. The standard InChI is InChI=1S/C20H32N4O4/c1-23(2)16-9-7-15(8-10-16)17(24-11-5-6-12-24)13-21-19(25)20(26)22-14-18(27-3)28-4/h7-10,17-18H,5-6,11-14H2,1-4H3,(H,21,25)(H,22,26)/t17-/m0/s1. The summed E-state index contributed by atoms with van der Waals surface area (Å²) < 4.78 is 10.0. The Bertz CT molecular complexity index is 626. The van der Waals surface area contributed by atoms with Gasteiger partial charge >= 0.3 is 11.8 Å². The molecule has 2 rings (SSSR count). The lowest BCUT2D eigenvalue weighted by molar-refractivity contribution is -0.141. The van der Waals surface area contributed by atoms with Crippen LogP contribution in [0.1, 0.15) is 24.4 Å². The van der Waals surface area contributed by atoms with Gasteiger partial charge in [0.25, 0.3) is 0 Å². The van der Waals surface area contributed by atoms with E-state index in [4.69, 9.17) is 9.47 Å². The first-order valence-electron chi connectivity index (χ1n) is 9.59. The lowest BCUT2D eigenvalue weighted by Crippen LogP contribution is -2.45. The van der Waals surface area contributed by atoms with Crippen molar-refractivity contribution in [3.8, 4) is 0 Å². The summed E-state index contributed by atoms with van der Waals surface area (Å²) in [6.45, 7) is 2.48. The fraction of sp³-hybridized carbons (Fsp3) is 0.600. The molecule has 0 radical (unpaired) electrons. The quantitative estimate of drug-likeness (QED) is 0.477. The van der Waals surface area contributed by atoms with E-state index in [1.807, 2.05) is 19.0 Å². The third-order valence-electron chi connectivity index (χ3n) is 4.99. The maximum atomic E-state index is 12.2. The van der Waals surface area contributed by atoms with Crippen molar-refractivity contribution in [3.63, 3.8) is 0 Å². The fourth-order valence-corrected chi connectivity index (χ4v) is 3.29. The number of methoxy groups -OCH3 is 2. The van der Waals surface area contributed by atoms with Crippen molar-refractivity contribution >= 4 is 17.5 Å². The minimum atomic E-state index is -0.692. The maximum absolute atomic E-state index is 12.2. The van der Waals surface area contributed by atoms with E-state index in [0.717, 1.165) is 37.2 Å². The summed E-state index contributed by atoms with van der Waals surface area (Å²) in [4.78, 5) is 28.6. The summed E-state index contributed by atoms with van der Waals surface area (Å²) in [5, 5.41) is 5.29. The van der Waals surface area contributed by atoms with Crippen LogP contribution in [0.15, 0.2) is 24.3 Å². The lowest BCUT2D eigenvalue weighted by atomic mass is 10.0. The van der Waals surface area contributed by atoms with Crippen molar-refractivity contribution in [1.82, 2.24) is 15.5 Å². The minimum Gasteiger partial charge on any atom is -0.378 e. The second-order valence-corrected chi connectivity index (χ2v) is 7.07. The fourth-order valence-electron chi connectivity index (χ4n) is 3.29. The molecule has 1 atom stereocenters. The van der Waals surface area contributed by atoms with E-state index >= 15 is 0 Å². The number of anilines is 1. The Kier molecular flexibility index (Phi) is 8.69. The normalized spacial score (nSPS) is 15.5. The van der Waals surface area contributed by atoms with Gasteiger partial charge in [-0.05, 0) is 43.6 Å². The van der Waals surface area contributed by atoms with Gasteiger partial charge in [-0.2, -0.15) is 0 Å². The van der Waals surface area contributed by atoms with Crippen LogP contribution in [-0.2, 0) is 19.1 Å². The Morgan fingerprint density at radius 1 is 1.00 bits per heavy atom.